The first-order valence-electron chi connectivity index (χ1n) is 8.13. The molecular formula is C19H23N2O3+. The van der Waals surface area contributed by atoms with Gasteiger partial charge >= 0.3 is 0 Å². The van der Waals surface area contributed by atoms with Gasteiger partial charge in [-0.25, -0.2) is 9.13 Å². The lowest BCUT2D eigenvalue weighted by Gasteiger charge is -2.11. The van der Waals surface area contributed by atoms with Gasteiger partial charge in [0, 0.05) is 6.07 Å². The van der Waals surface area contributed by atoms with Crippen LogP contribution in [0.3, 0.4) is 0 Å². The molecule has 126 valence electrons. The van der Waals surface area contributed by atoms with Gasteiger partial charge in [-0.1, -0.05) is 18.2 Å². The highest BCUT2D eigenvalue weighted by atomic mass is 16.5. The van der Waals surface area contributed by atoms with Gasteiger partial charge in [-0.3, -0.25) is 0 Å². The van der Waals surface area contributed by atoms with Crippen molar-refractivity contribution in [3.05, 3.63) is 54.9 Å². The Balaban J connectivity index is 1.67. The van der Waals surface area contributed by atoms with Gasteiger partial charge < -0.3 is 14.6 Å². The number of hydrogen-bond donors (Lipinski definition) is 1. The summed E-state index contributed by atoms with van der Waals surface area (Å²) in [6.07, 6.45) is 1.44. The largest absolute Gasteiger partial charge is 0.497 e. The van der Waals surface area contributed by atoms with Crippen LogP contribution in [0, 0.1) is 0 Å². The van der Waals surface area contributed by atoms with Gasteiger partial charge in [-0.05, 0) is 31.2 Å². The first-order chi connectivity index (χ1) is 11.7. The number of imidazole rings is 1. The van der Waals surface area contributed by atoms with E-state index in [9.17, 15) is 5.11 Å². The molecule has 0 aliphatic rings. The minimum atomic E-state index is -0.600. The third kappa shape index (κ3) is 3.51. The summed E-state index contributed by atoms with van der Waals surface area (Å²) >= 11 is 0. The van der Waals surface area contributed by atoms with Crippen molar-refractivity contribution in [2.75, 3.05) is 13.7 Å². The average Bonchev–Trinajstić information content (AvgIpc) is 2.98. The molecule has 5 nitrogen and oxygen atoms in total. The molecule has 0 aliphatic heterocycles. The van der Waals surface area contributed by atoms with E-state index in [0.29, 0.717) is 12.3 Å². The van der Waals surface area contributed by atoms with E-state index in [2.05, 4.69) is 28.2 Å². The molecule has 3 rings (SSSR count). The smallest absolute Gasteiger partial charge is 0.244 e. The molecule has 5 heteroatoms. The van der Waals surface area contributed by atoms with Crippen molar-refractivity contribution in [2.45, 2.75) is 26.1 Å². The monoisotopic (exact) mass is 327 g/mol. The molecule has 0 aliphatic carbocycles. The van der Waals surface area contributed by atoms with Crippen molar-refractivity contribution in [2.24, 2.45) is 0 Å². The molecule has 0 amide bonds. The zero-order valence-electron chi connectivity index (χ0n) is 14.1. The number of fused-ring (bicyclic) bond motifs is 1. The minimum Gasteiger partial charge on any atom is -0.497 e. The highest BCUT2D eigenvalue weighted by Crippen LogP contribution is 2.19. The highest BCUT2D eigenvalue weighted by molar-refractivity contribution is 5.71. The number of benzene rings is 2. The maximum Gasteiger partial charge on any atom is 0.244 e. The third-order valence-corrected chi connectivity index (χ3v) is 4.01. The Bertz CT molecular complexity index is 813. The molecule has 3 aromatic rings. The SMILES string of the molecule is CCn1c[n+](C[C@@H](O)COc2cccc(OC)c2)c2ccccc21. The van der Waals surface area contributed by atoms with Gasteiger partial charge in [0.05, 0.1) is 13.7 Å². The predicted molar refractivity (Wildman–Crippen MR) is 92.3 cm³/mol. The van der Waals surface area contributed by atoms with Gasteiger partial charge in [0.1, 0.15) is 30.8 Å². The fourth-order valence-corrected chi connectivity index (χ4v) is 2.80. The number of rotatable bonds is 7. The van der Waals surface area contributed by atoms with Gasteiger partial charge in [0.15, 0.2) is 11.0 Å². The first-order valence-corrected chi connectivity index (χ1v) is 8.13. The number of hydrogen-bond acceptors (Lipinski definition) is 3. The van der Waals surface area contributed by atoms with E-state index in [1.54, 1.807) is 7.11 Å². The number of aliphatic hydroxyl groups excluding tert-OH is 1. The molecule has 1 atom stereocenters. The number of nitrogens with zero attached hydrogens (tertiary/aromatic N) is 2. The van der Waals surface area contributed by atoms with Gasteiger partial charge in [0.2, 0.25) is 6.33 Å². The molecular weight excluding hydrogens is 304 g/mol. The number of para-hydroxylation sites is 2. The third-order valence-electron chi connectivity index (χ3n) is 4.01. The van der Waals surface area contributed by atoms with E-state index >= 15 is 0 Å². The Morgan fingerprint density at radius 2 is 1.92 bits per heavy atom. The van der Waals surface area contributed by atoms with E-state index in [0.717, 1.165) is 17.8 Å². The van der Waals surface area contributed by atoms with Crippen LogP contribution in [0.5, 0.6) is 11.5 Å². The summed E-state index contributed by atoms with van der Waals surface area (Å²) in [5.41, 5.74) is 2.28. The number of ether oxygens (including phenoxy) is 2. The lowest BCUT2D eigenvalue weighted by molar-refractivity contribution is -0.679. The maximum atomic E-state index is 10.3. The second-order valence-electron chi connectivity index (χ2n) is 5.69. The van der Waals surface area contributed by atoms with Crippen LogP contribution in [0.1, 0.15) is 6.92 Å². The van der Waals surface area contributed by atoms with Gasteiger partial charge in [-0.2, -0.15) is 0 Å². The molecule has 0 spiro atoms. The van der Waals surface area contributed by atoms with Crippen molar-refractivity contribution >= 4 is 11.0 Å². The van der Waals surface area contributed by atoms with Crippen LogP contribution in [-0.2, 0) is 13.1 Å². The molecule has 0 bridgehead atoms. The molecule has 1 N–H and O–H groups in total. The Labute approximate surface area is 141 Å². The normalized spacial score (nSPS) is 12.3. The van der Waals surface area contributed by atoms with Crippen LogP contribution in [0.4, 0.5) is 0 Å². The number of aliphatic hydroxyl groups is 1. The highest BCUT2D eigenvalue weighted by Gasteiger charge is 2.17. The van der Waals surface area contributed by atoms with Crippen LogP contribution in [0.2, 0.25) is 0 Å². The topological polar surface area (TPSA) is 47.5 Å². The molecule has 1 aromatic heterocycles. The number of aryl methyl sites for hydroxylation is 1. The Kier molecular flexibility index (Phi) is 5.01. The van der Waals surface area contributed by atoms with Gasteiger partial charge in [0.25, 0.3) is 0 Å². The van der Waals surface area contributed by atoms with Crippen molar-refractivity contribution in [3.63, 3.8) is 0 Å². The van der Waals surface area contributed by atoms with Crippen molar-refractivity contribution in [1.82, 2.24) is 4.57 Å². The zero-order chi connectivity index (χ0) is 16.9. The quantitative estimate of drug-likeness (QED) is 0.678. The van der Waals surface area contributed by atoms with Crippen LogP contribution in [0.25, 0.3) is 11.0 Å². The lowest BCUT2D eigenvalue weighted by Crippen LogP contribution is -2.41. The number of methoxy groups -OCH3 is 1. The molecule has 24 heavy (non-hydrogen) atoms. The first kappa shape index (κ1) is 16.3. The van der Waals surface area contributed by atoms with E-state index in [-0.39, 0.29) is 6.61 Å². The predicted octanol–water partition coefficient (Wildman–Crippen LogP) is 2.40. The van der Waals surface area contributed by atoms with E-state index in [1.807, 2.05) is 42.7 Å². The van der Waals surface area contributed by atoms with E-state index in [1.165, 1.54) is 5.52 Å². The Hall–Kier alpha value is -2.53. The van der Waals surface area contributed by atoms with Crippen LogP contribution in [0.15, 0.2) is 54.9 Å². The Morgan fingerprint density at radius 1 is 1.12 bits per heavy atom. The second-order valence-corrected chi connectivity index (χ2v) is 5.69. The van der Waals surface area contributed by atoms with Crippen LogP contribution >= 0.6 is 0 Å². The average molecular weight is 327 g/mol. The summed E-state index contributed by atoms with van der Waals surface area (Å²) in [6.45, 7) is 3.71. The molecule has 0 saturated carbocycles. The van der Waals surface area contributed by atoms with Gasteiger partial charge in [-0.15, -0.1) is 0 Å². The molecule has 2 aromatic carbocycles. The maximum absolute atomic E-state index is 10.3. The van der Waals surface area contributed by atoms with Crippen molar-refractivity contribution in [1.29, 1.82) is 0 Å². The van der Waals surface area contributed by atoms with E-state index < -0.39 is 6.10 Å². The Morgan fingerprint density at radius 3 is 2.71 bits per heavy atom. The van der Waals surface area contributed by atoms with Crippen molar-refractivity contribution in [3.8, 4) is 11.5 Å². The van der Waals surface area contributed by atoms with Crippen molar-refractivity contribution < 1.29 is 19.1 Å². The standard InChI is InChI=1S/C19H23N2O3/c1-3-20-14-21(19-10-5-4-9-18(19)20)12-15(22)13-24-17-8-6-7-16(11-17)23-2/h4-11,14-15,22H,3,12-13H2,1-2H3/q+1/t15-/m1/s1. The molecule has 1 heterocycles. The lowest BCUT2D eigenvalue weighted by atomic mass is 10.3. The fraction of sp³-hybridized carbons (Fsp3) is 0.316. The summed E-state index contributed by atoms with van der Waals surface area (Å²) in [6, 6.07) is 15.6. The summed E-state index contributed by atoms with van der Waals surface area (Å²) < 4.78 is 15.1. The summed E-state index contributed by atoms with van der Waals surface area (Å²) in [5, 5.41) is 10.3. The zero-order valence-corrected chi connectivity index (χ0v) is 14.1. The molecule has 0 fully saturated rings. The molecule has 0 radical (unpaired) electrons. The molecule has 0 unspecified atom stereocenters. The summed E-state index contributed by atoms with van der Waals surface area (Å²) in [7, 11) is 1.62. The number of aromatic nitrogens is 2. The van der Waals surface area contributed by atoms with Crippen LogP contribution < -0.4 is 14.0 Å². The minimum absolute atomic E-state index is 0.228. The fourth-order valence-electron chi connectivity index (χ4n) is 2.80. The summed E-state index contributed by atoms with van der Waals surface area (Å²) in [5.74, 6) is 1.43. The molecule has 0 saturated heterocycles. The van der Waals surface area contributed by atoms with Crippen LogP contribution in [-0.4, -0.2) is 29.5 Å². The summed E-state index contributed by atoms with van der Waals surface area (Å²) in [4.78, 5) is 0. The second kappa shape index (κ2) is 7.36. The van der Waals surface area contributed by atoms with E-state index in [4.69, 9.17) is 9.47 Å².